The van der Waals surface area contributed by atoms with E-state index in [0.717, 1.165) is 12.6 Å². The van der Waals surface area contributed by atoms with Gasteiger partial charge in [0.25, 0.3) is 0 Å². The lowest BCUT2D eigenvalue weighted by Gasteiger charge is -2.25. The molecule has 2 aromatic rings. The smallest absolute Gasteiger partial charge is 0.423 e. The van der Waals surface area contributed by atoms with Gasteiger partial charge >= 0.3 is 6.18 Å². The molecule has 1 aromatic heterocycles. The summed E-state index contributed by atoms with van der Waals surface area (Å²) in [5, 5.41) is 0. The van der Waals surface area contributed by atoms with Crippen molar-refractivity contribution >= 4 is 11.6 Å². The molecule has 2 rings (SSSR count). The summed E-state index contributed by atoms with van der Waals surface area (Å²) in [4.78, 5) is 9.76. The second kappa shape index (κ2) is 9.61. The van der Waals surface area contributed by atoms with Crippen molar-refractivity contribution in [2.75, 3.05) is 18.1 Å². The predicted molar refractivity (Wildman–Crippen MR) is 102 cm³/mol. The number of para-hydroxylation sites is 2. The molecule has 0 fully saturated rings. The summed E-state index contributed by atoms with van der Waals surface area (Å²) in [6.45, 7) is 8.21. The van der Waals surface area contributed by atoms with Gasteiger partial charge in [-0.05, 0) is 39.3 Å². The molecule has 0 amide bonds. The van der Waals surface area contributed by atoms with E-state index in [1.807, 2.05) is 45.9 Å². The van der Waals surface area contributed by atoms with E-state index in [1.165, 1.54) is 0 Å². The molecule has 0 saturated heterocycles. The first-order chi connectivity index (χ1) is 13.3. The Bertz CT molecular complexity index is 767. The van der Waals surface area contributed by atoms with Gasteiger partial charge in [0.15, 0.2) is 0 Å². The molecule has 0 aliphatic carbocycles. The molecule has 8 heteroatoms. The van der Waals surface area contributed by atoms with Gasteiger partial charge in [-0.15, -0.1) is 0 Å². The number of unbranched alkanes of at least 4 members (excludes halogenated alkanes) is 1. The van der Waals surface area contributed by atoms with E-state index in [4.69, 9.17) is 9.47 Å². The molecular weight excluding hydrogens is 371 g/mol. The highest BCUT2D eigenvalue weighted by Crippen LogP contribution is 2.38. The number of rotatable bonds is 9. The summed E-state index contributed by atoms with van der Waals surface area (Å²) in [7, 11) is 0. The topological polar surface area (TPSA) is 47.5 Å². The minimum absolute atomic E-state index is 0.0543. The van der Waals surface area contributed by atoms with Gasteiger partial charge in [0.05, 0.1) is 18.4 Å². The summed E-state index contributed by atoms with van der Waals surface area (Å²) < 4.78 is 51.1. The summed E-state index contributed by atoms with van der Waals surface area (Å²) >= 11 is 0. The molecule has 1 aromatic carbocycles. The Morgan fingerprint density at radius 1 is 1.14 bits per heavy atom. The van der Waals surface area contributed by atoms with Crippen molar-refractivity contribution in [2.24, 2.45) is 0 Å². The number of hydrogen-bond acceptors (Lipinski definition) is 5. The maximum atomic E-state index is 13.3. The van der Waals surface area contributed by atoms with Crippen LogP contribution < -0.4 is 14.4 Å². The van der Waals surface area contributed by atoms with Crippen LogP contribution in [0.2, 0.25) is 0 Å². The summed E-state index contributed by atoms with van der Waals surface area (Å²) in [6.07, 6.45) is -2.42. The molecular formula is C20H26F3N3O2. The largest absolute Gasteiger partial charge is 0.489 e. The first kappa shape index (κ1) is 21.8. The second-order valence-corrected chi connectivity index (χ2v) is 6.47. The van der Waals surface area contributed by atoms with Gasteiger partial charge in [0.2, 0.25) is 11.8 Å². The normalized spacial score (nSPS) is 11.6. The van der Waals surface area contributed by atoms with Crippen molar-refractivity contribution in [2.45, 2.75) is 52.8 Å². The highest BCUT2D eigenvalue weighted by Gasteiger charge is 2.36. The van der Waals surface area contributed by atoms with Crippen molar-refractivity contribution in [3.05, 3.63) is 36.0 Å². The first-order valence-corrected chi connectivity index (χ1v) is 9.38. The molecule has 28 heavy (non-hydrogen) atoms. The Labute approximate surface area is 163 Å². The van der Waals surface area contributed by atoms with Crippen LogP contribution in [-0.4, -0.2) is 29.2 Å². The molecule has 0 radical (unpaired) electrons. The molecule has 0 atom stereocenters. The van der Waals surface area contributed by atoms with Crippen molar-refractivity contribution in [3.63, 3.8) is 0 Å². The fourth-order valence-electron chi connectivity index (χ4n) is 2.56. The van der Waals surface area contributed by atoms with Crippen LogP contribution in [0.25, 0.3) is 0 Å². The Balaban J connectivity index is 2.46. The fraction of sp³-hybridized carbons (Fsp3) is 0.500. The molecule has 154 valence electrons. The van der Waals surface area contributed by atoms with Crippen molar-refractivity contribution in [1.82, 2.24) is 9.97 Å². The standard InChI is InChI=1S/C20H26F3N3O2/c1-5-7-12-27-18-15(20(21,22)23)13-24-19(25-18)26(6-2)16-10-8-9-11-17(16)28-14(3)4/h8-11,13-14H,5-7,12H2,1-4H3. The minimum Gasteiger partial charge on any atom is -0.489 e. The number of benzene rings is 1. The SMILES string of the molecule is CCCCOc1nc(N(CC)c2ccccc2OC(C)C)ncc1C(F)(F)F. The Hall–Kier alpha value is -2.51. The lowest BCUT2D eigenvalue weighted by molar-refractivity contribution is -0.139. The Morgan fingerprint density at radius 3 is 2.46 bits per heavy atom. The summed E-state index contributed by atoms with van der Waals surface area (Å²) in [6, 6.07) is 7.29. The molecule has 1 heterocycles. The van der Waals surface area contributed by atoms with Crippen LogP contribution in [0.1, 0.15) is 46.1 Å². The molecule has 0 aliphatic rings. The van der Waals surface area contributed by atoms with Gasteiger partial charge in [-0.3, -0.25) is 0 Å². The number of halogens is 3. The number of nitrogens with zero attached hydrogens (tertiary/aromatic N) is 3. The summed E-state index contributed by atoms with van der Waals surface area (Å²) in [5.41, 5.74) is -0.298. The van der Waals surface area contributed by atoms with E-state index in [0.29, 0.717) is 24.4 Å². The lowest BCUT2D eigenvalue weighted by atomic mass is 10.2. The van der Waals surface area contributed by atoms with Crippen molar-refractivity contribution < 1.29 is 22.6 Å². The van der Waals surface area contributed by atoms with Crippen LogP contribution in [0, 0.1) is 0 Å². The molecule has 5 nitrogen and oxygen atoms in total. The van der Waals surface area contributed by atoms with Gasteiger partial charge < -0.3 is 14.4 Å². The Kier molecular flexibility index (Phi) is 7.48. The quantitative estimate of drug-likeness (QED) is 0.514. The van der Waals surface area contributed by atoms with Crippen LogP contribution >= 0.6 is 0 Å². The van der Waals surface area contributed by atoms with Crippen LogP contribution in [0.3, 0.4) is 0 Å². The van der Waals surface area contributed by atoms with Crippen LogP contribution in [0.4, 0.5) is 24.8 Å². The highest BCUT2D eigenvalue weighted by atomic mass is 19.4. The van der Waals surface area contributed by atoms with Crippen LogP contribution in [-0.2, 0) is 6.18 Å². The van der Waals surface area contributed by atoms with E-state index >= 15 is 0 Å². The summed E-state index contributed by atoms with van der Waals surface area (Å²) in [5.74, 6) is 0.282. The molecule has 0 aliphatic heterocycles. The maximum absolute atomic E-state index is 13.3. The number of hydrogen-bond donors (Lipinski definition) is 0. The van der Waals surface area contributed by atoms with E-state index in [1.54, 1.807) is 11.0 Å². The molecule has 0 bridgehead atoms. The maximum Gasteiger partial charge on any atom is 0.423 e. The van der Waals surface area contributed by atoms with Gasteiger partial charge in [-0.25, -0.2) is 4.98 Å². The molecule has 0 unspecified atom stereocenters. The molecule has 0 saturated carbocycles. The third-order valence-electron chi connectivity index (χ3n) is 3.86. The highest BCUT2D eigenvalue weighted by molar-refractivity contribution is 5.65. The van der Waals surface area contributed by atoms with E-state index < -0.39 is 17.6 Å². The van der Waals surface area contributed by atoms with E-state index in [-0.39, 0.29) is 18.7 Å². The molecule has 0 spiro atoms. The van der Waals surface area contributed by atoms with Crippen LogP contribution in [0.5, 0.6) is 11.6 Å². The van der Waals surface area contributed by atoms with Crippen molar-refractivity contribution in [3.8, 4) is 11.6 Å². The lowest BCUT2D eigenvalue weighted by Crippen LogP contribution is -2.22. The average Bonchev–Trinajstić information content (AvgIpc) is 2.63. The number of ether oxygens (including phenoxy) is 2. The zero-order valence-electron chi connectivity index (χ0n) is 16.6. The average molecular weight is 397 g/mol. The van der Waals surface area contributed by atoms with Crippen LogP contribution in [0.15, 0.2) is 30.5 Å². The third-order valence-corrected chi connectivity index (χ3v) is 3.86. The van der Waals surface area contributed by atoms with E-state index in [2.05, 4.69) is 9.97 Å². The Morgan fingerprint density at radius 2 is 1.86 bits per heavy atom. The predicted octanol–water partition coefficient (Wildman–Crippen LogP) is 5.62. The van der Waals surface area contributed by atoms with Gasteiger partial charge in [0, 0.05) is 12.7 Å². The fourth-order valence-corrected chi connectivity index (χ4v) is 2.56. The molecule has 0 N–H and O–H groups in total. The van der Waals surface area contributed by atoms with Crippen molar-refractivity contribution in [1.29, 1.82) is 0 Å². The second-order valence-electron chi connectivity index (χ2n) is 6.47. The van der Waals surface area contributed by atoms with Gasteiger partial charge in [-0.1, -0.05) is 25.5 Å². The minimum atomic E-state index is -4.59. The third kappa shape index (κ3) is 5.50. The van der Waals surface area contributed by atoms with Gasteiger partial charge in [0.1, 0.15) is 11.3 Å². The van der Waals surface area contributed by atoms with E-state index in [9.17, 15) is 13.2 Å². The zero-order valence-corrected chi connectivity index (χ0v) is 16.6. The zero-order chi connectivity index (χ0) is 20.7. The number of anilines is 2. The first-order valence-electron chi connectivity index (χ1n) is 9.38. The number of alkyl halides is 3. The number of aromatic nitrogens is 2. The monoisotopic (exact) mass is 397 g/mol. The van der Waals surface area contributed by atoms with Gasteiger partial charge in [-0.2, -0.15) is 18.2 Å².